The van der Waals surface area contributed by atoms with Crippen molar-refractivity contribution < 1.29 is 17.9 Å². The molecule has 194 valence electrons. The minimum absolute atomic E-state index is 0. The van der Waals surface area contributed by atoms with E-state index in [1.807, 2.05) is 6.07 Å². The van der Waals surface area contributed by atoms with Crippen LogP contribution in [-0.4, -0.2) is 31.6 Å². The van der Waals surface area contributed by atoms with E-state index >= 15 is 0 Å². The third-order valence-corrected chi connectivity index (χ3v) is 7.40. The van der Waals surface area contributed by atoms with E-state index in [9.17, 15) is 18.0 Å². The fourth-order valence-corrected chi connectivity index (χ4v) is 5.51. The highest BCUT2D eigenvalue weighted by Gasteiger charge is 2.33. The molecule has 0 radical (unpaired) electrons. The quantitative estimate of drug-likeness (QED) is 0.361. The van der Waals surface area contributed by atoms with E-state index in [-0.39, 0.29) is 24.6 Å². The molecule has 2 aliphatic heterocycles. The SMILES string of the molecule is Cl.Cn1c2c(c3ccc(-n4ccc(OCc5ccc(C(F)(F)F)nc5)cc4=O)cc31)CN1CCCC1C2. The molecule has 0 spiro atoms. The van der Waals surface area contributed by atoms with Crippen molar-refractivity contribution >= 4 is 23.3 Å². The minimum Gasteiger partial charge on any atom is -0.489 e. The average Bonchev–Trinajstić information content (AvgIpc) is 3.43. The van der Waals surface area contributed by atoms with Gasteiger partial charge in [-0.2, -0.15) is 13.2 Å². The number of aryl methyl sites for hydroxylation is 1. The van der Waals surface area contributed by atoms with Crippen LogP contribution in [0.3, 0.4) is 0 Å². The maximum Gasteiger partial charge on any atom is 0.433 e. The van der Waals surface area contributed by atoms with Gasteiger partial charge in [0.1, 0.15) is 18.1 Å². The summed E-state index contributed by atoms with van der Waals surface area (Å²) in [4.78, 5) is 18.9. The number of pyridine rings is 2. The number of aromatic nitrogens is 3. The van der Waals surface area contributed by atoms with E-state index in [2.05, 4.69) is 33.6 Å². The number of rotatable bonds is 4. The Bertz CT molecular complexity index is 1510. The van der Waals surface area contributed by atoms with Crippen LogP contribution in [-0.2, 0) is 32.8 Å². The van der Waals surface area contributed by atoms with E-state index in [1.54, 1.807) is 16.8 Å². The van der Waals surface area contributed by atoms with Crippen LogP contribution in [0.15, 0.2) is 59.7 Å². The Hall–Kier alpha value is -3.30. The van der Waals surface area contributed by atoms with Crippen molar-refractivity contribution in [2.24, 2.45) is 7.05 Å². The molecule has 6 rings (SSSR count). The smallest absolute Gasteiger partial charge is 0.433 e. The molecule has 1 saturated heterocycles. The van der Waals surface area contributed by atoms with Gasteiger partial charge in [-0.3, -0.25) is 19.2 Å². The summed E-state index contributed by atoms with van der Waals surface area (Å²) < 4.78 is 47.5. The monoisotopic (exact) mass is 530 g/mol. The second-order valence-electron chi connectivity index (χ2n) is 9.57. The van der Waals surface area contributed by atoms with Crippen molar-refractivity contribution in [3.8, 4) is 11.4 Å². The zero-order chi connectivity index (χ0) is 25.0. The Balaban J connectivity index is 0.00000280. The fraction of sp³-hybridized carbons (Fsp3) is 0.333. The number of halogens is 4. The molecule has 37 heavy (non-hydrogen) atoms. The molecule has 1 unspecified atom stereocenters. The number of fused-ring (bicyclic) bond motifs is 4. The largest absolute Gasteiger partial charge is 0.489 e. The lowest BCUT2D eigenvalue weighted by Gasteiger charge is -2.30. The Labute approximate surface area is 217 Å². The van der Waals surface area contributed by atoms with Crippen LogP contribution in [0, 0.1) is 0 Å². The zero-order valence-corrected chi connectivity index (χ0v) is 21.0. The van der Waals surface area contributed by atoms with Gasteiger partial charge < -0.3 is 9.30 Å². The number of hydrogen-bond acceptors (Lipinski definition) is 4. The summed E-state index contributed by atoms with van der Waals surface area (Å²) in [6, 6.07) is 12.0. The topological polar surface area (TPSA) is 52.3 Å². The standard InChI is InChI=1S/C27H25F3N4O2.ClH/c1-32-23-12-19(5-6-21(23)22-15-33-9-2-3-18(33)11-24(22)32)34-10-8-20(13-26(34)35)36-16-17-4-7-25(31-14-17)27(28,29)30;/h4-8,10,12-14,18H,2-3,9,11,15-16H2,1H3;1H. The molecule has 5 heterocycles. The molecule has 0 N–H and O–H groups in total. The summed E-state index contributed by atoms with van der Waals surface area (Å²) in [5, 5.41) is 1.24. The molecule has 2 aliphatic rings. The Kier molecular flexibility index (Phi) is 6.53. The van der Waals surface area contributed by atoms with Crippen LogP contribution < -0.4 is 10.3 Å². The van der Waals surface area contributed by atoms with Gasteiger partial charge in [0.2, 0.25) is 0 Å². The van der Waals surface area contributed by atoms with E-state index < -0.39 is 11.9 Å². The van der Waals surface area contributed by atoms with E-state index in [1.165, 1.54) is 41.6 Å². The van der Waals surface area contributed by atoms with E-state index in [4.69, 9.17) is 4.74 Å². The van der Waals surface area contributed by atoms with Gasteiger partial charge in [0.05, 0.1) is 11.2 Å². The molecule has 0 saturated carbocycles. The summed E-state index contributed by atoms with van der Waals surface area (Å²) in [5.41, 5.74) is 3.93. The van der Waals surface area contributed by atoms with Gasteiger partial charge in [-0.05, 0) is 49.2 Å². The number of alkyl halides is 3. The Morgan fingerprint density at radius 1 is 1.14 bits per heavy atom. The van der Waals surface area contributed by atoms with Crippen molar-refractivity contribution in [1.82, 2.24) is 19.0 Å². The predicted octanol–water partition coefficient (Wildman–Crippen LogP) is 5.26. The van der Waals surface area contributed by atoms with Crippen LogP contribution in [0.2, 0.25) is 0 Å². The molecule has 4 aromatic rings. The molecule has 1 aromatic carbocycles. The van der Waals surface area contributed by atoms with Gasteiger partial charge in [-0.25, -0.2) is 0 Å². The predicted molar refractivity (Wildman–Crippen MR) is 136 cm³/mol. The number of benzene rings is 1. The van der Waals surface area contributed by atoms with Crippen molar-refractivity contribution in [2.75, 3.05) is 6.54 Å². The lowest BCUT2D eigenvalue weighted by atomic mass is 9.99. The van der Waals surface area contributed by atoms with Gasteiger partial charge in [0.25, 0.3) is 5.56 Å². The molecule has 6 nitrogen and oxygen atoms in total. The molecule has 1 fully saturated rings. The number of nitrogens with zero attached hydrogens (tertiary/aromatic N) is 4. The Morgan fingerprint density at radius 2 is 1.97 bits per heavy atom. The van der Waals surface area contributed by atoms with Gasteiger partial charge in [-0.15, -0.1) is 12.4 Å². The highest BCUT2D eigenvalue weighted by atomic mass is 35.5. The van der Waals surface area contributed by atoms with Crippen LogP contribution in [0.25, 0.3) is 16.6 Å². The second-order valence-corrected chi connectivity index (χ2v) is 9.57. The number of hydrogen-bond donors (Lipinski definition) is 0. The molecule has 0 amide bonds. The van der Waals surface area contributed by atoms with Gasteiger partial charge in [-0.1, -0.05) is 12.1 Å². The summed E-state index contributed by atoms with van der Waals surface area (Å²) >= 11 is 0. The van der Waals surface area contributed by atoms with Crippen molar-refractivity contribution in [3.63, 3.8) is 0 Å². The molecule has 0 aliphatic carbocycles. The highest BCUT2D eigenvalue weighted by molar-refractivity contribution is 5.87. The zero-order valence-electron chi connectivity index (χ0n) is 20.2. The summed E-state index contributed by atoms with van der Waals surface area (Å²) in [6.07, 6.45) is 1.89. The normalized spacial score (nSPS) is 17.4. The molecular formula is C27H26ClF3N4O2. The first-order chi connectivity index (χ1) is 17.3. The van der Waals surface area contributed by atoms with E-state index in [0.29, 0.717) is 17.4 Å². The molecule has 1 atom stereocenters. The van der Waals surface area contributed by atoms with Crippen molar-refractivity contribution in [2.45, 2.75) is 44.6 Å². The summed E-state index contributed by atoms with van der Waals surface area (Å²) in [5.74, 6) is 0.340. The van der Waals surface area contributed by atoms with Gasteiger partial charge in [0, 0.05) is 61.2 Å². The summed E-state index contributed by atoms with van der Waals surface area (Å²) in [7, 11) is 2.10. The molecular weight excluding hydrogens is 505 g/mol. The third kappa shape index (κ3) is 4.62. The summed E-state index contributed by atoms with van der Waals surface area (Å²) in [6.45, 7) is 2.16. The lowest BCUT2D eigenvalue weighted by Crippen LogP contribution is -2.35. The maximum absolute atomic E-state index is 12.9. The first-order valence-electron chi connectivity index (χ1n) is 12.0. The van der Waals surface area contributed by atoms with Crippen molar-refractivity contribution in [1.29, 1.82) is 0 Å². The number of ether oxygens (including phenoxy) is 1. The van der Waals surface area contributed by atoms with Gasteiger partial charge >= 0.3 is 6.18 Å². The van der Waals surface area contributed by atoms with E-state index in [0.717, 1.165) is 43.0 Å². The molecule has 3 aromatic heterocycles. The van der Waals surface area contributed by atoms with Crippen molar-refractivity contribution in [3.05, 3.63) is 87.7 Å². The molecule has 10 heteroatoms. The first-order valence-corrected chi connectivity index (χ1v) is 12.0. The highest BCUT2D eigenvalue weighted by Crippen LogP contribution is 2.36. The minimum atomic E-state index is -4.48. The Morgan fingerprint density at radius 3 is 2.70 bits per heavy atom. The fourth-order valence-electron chi connectivity index (χ4n) is 5.51. The van der Waals surface area contributed by atoms with Crippen LogP contribution in [0.4, 0.5) is 13.2 Å². The average molecular weight is 531 g/mol. The second kappa shape index (κ2) is 9.54. The van der Waals surface area contributed by atoms with Crippen LogP contribution >= 0.6 is 12.4 Å². The maximum atomic E-state index is 12.9. The van der Waals surface area contributed by atoms with Crippen LogP contribution in [0.1, 0.15) is 35.4 Å². The van der Waals surface area contributed by atoms with Crippen LogP contribution in [0.5, 0.6) is 5.75 Å². The first kappa shape index (κ1) is 25.4. The van der Waals surface area contributed by atoms with Gasteiger partial charge in [0.15, 0.2) is 0 Å². The molecule has 0 bridgehead atoms. The third-order valence-electron chi connectivity index (χ3n) is 7.40. The lowest BCUT2D eigenvalue weighted by molar-refractivity contribution is -0.141.